The first-order chi connectivity index (χ1) is 16.0. The Morgan fingerprint density at radius 2 is 1.70 bits per heavy atom. The Morgan fingerprint density at radius 3 is 2.36 bits per heavy atom. The lowest BCUT2D eigenvalue weighted by Gasteiger charge is -2.13. The van der Waals surface area contributed by atoms with Crippen molar-refractivity contribution in [3.63, 3.8) is 0 Å². The number of halogens is 1. The van der Waals surface area contributed by atoms with Crippen LogP contribution in [0, 0.1) is 18.3 Å². The van der Waals surface area contributed by atoms with E-state index in [1.165, 1.54) is 11.8 Å². The van der Waals surface area contributed by atoms with Crippen molar-refractivity contribution < 1.29 is 4.79 Å². The quantitative estimate of drug-likeness (QED) is 0.309. The number of aryl methyl sites for hydroxylation is 1. The molecule has 0 aliphatic heterocycles. The summed E-state index contributed by atoms with van der Waals surface area (Å²) in [6.07, 6.45) is 0. The fraction of sp³-hybridized carbons (Fsp3) is 0.0741. The first-order valence-corrected chi connectivity index (χ1v) is 11.7. The van der Waals surface area contributed by atoms with E-state index in [1.54, 1.807) is 12.1 Å². The number of amides is 1. The van der Waals surface area contributed by atoms with Crippen molar-refractivity contribution in [1.82, 2.24) is 4.98 Å². The summed E-state index contributed by atoms with van der Waals surface area (Å²) in [4.78, 5) is 17.3. The molecule has 0 aliphatic carbocycles. The van der Waals surface area contributed by atoms with E-state index in [0.29, 0.717) is 15.6 Å². The van der Waals surface area contributed by atoms with Crippen LogP contribution in [0.15, 0.2) is 90.0 Å². The monoisotopic (exact) mass is 469 g/mol. The molecule has 1 aromatic heterocycles. The third-order valence-electron chi connectivity index (χ3n) is 5.00. The second-order valence-corrected chi connectivity index (χ2v) is 8.82. The highest BCUT2D eigenvalue weighted by molar-refractivity contribution is 8.00. The molecular weight excluding hydrogens is 450 g/mol. The smallest absolute Gasteiger partial charge is 0.234 e. The van der Waals surface area contributed by atoms with Gasteiger partial charge in [-0.2, -0.15) is 5.26 Å². The summed E-state index contributed by atoms with van der Waals surface area (Å²) >= 11 is 7.32. The predicted octanol–water partition coefficient (Wildman–Crippen LogP) is 6.98. The van der Waals surface area contributed by atoms with Crippen molar-refractivity contribution in [3.8, 4) is 28.5 Å². The molecule has 1 N–H and O–H groups in total. The lowest BCUT2D eigenvalue weighted by atomic mass is 9.99. The van der Waals surface area contributed by atoms with Gasteiger partial charge in [-0.1, -0.05) is 83.5 Å². The summed E-state index contributed by atoms with van der Waals surface area (Å²) in [5.74, 6) is -0.0267. The zero-order valence-electron chi connectivity index (χ0n) is 17.9. The normalized spacial score (nSPS) is 10.5. The summed E-state index contributed by atoms with van der Waals surface area (Å²) in [7, 11) is 0. The van der Waals surface area contributed by atoms with Gasteiger partial charge in [-0.15, -0.1) is 0 Å². The van der Waals surface area contributed by atoms with E-state index in [9.17, 15) is 10.1 Å². The Bertz CT molecular complexity index is 1310. The van der Waals surface area contributed by atoms with Gasteiger partial charge >= 0.3 is 0 Å². The minimum absolute atomic E-state index is 0.133. The van der Waals surface area contributed by atoms with Crippen LogP contribution in [0.2, 0.25) is 5.02 Å². The van der Waals surface area contributed by atoms with Crippen LogP contribution < -0.4 is 5.32 Å². The van der Waals surface area contributed by atoms with E-state index in [1.807, 2.05) is 79.7 Å². The van der Waals surface area contributed by atoms with Crippen molar-refractivity contribution in [2.75, 3.05) is 11.1 Å². The highest BCUT2D eigenvalue weighted by atomic mass is 35.5. The van der Waals surface area contributed by atoms with Gasteiger partial charge < -0.3 is 5.32 Å². The summed E-state index contributed by atoms with van der Waals surface area (Å²) in [5, 5.41) is 14.0. The maximum atomic E-state index is 12.6. The summed E-state index contributed by atoms with van der Waals surface area (Å²) < 4.78 is 0. The molecular formula is C27H20ClN3OS. The third-order valence-corrected chi connectivity index (χ3v) is 6.23. The molecule has 1 heterocycles. The standard InChI is InChI=1S/C27H20ClN3OS/c1-18-7-13-22(14-8-18)30-26(32)17-33-27-24(16-29)23(19-9-11-21(28)12-10-19)15-25(31-27)20-5-3-2-4-6-20/h2-15H,17H2,1H3,(H,30,32). The molecule has 4 aromatic rings. The van der Waals surface area contributed by atoms with Crippen LogP contribution in [0.5, 0.6) is 0 Å². The molecule has 4 nitrogen and oxygen atoms in total. The van der Waals surface area contributed by atoms with Crippen LogP contribution in [0.3, 0.4) is 0 Å². The second kappa shape index (κ2) is 10.4. The number of thioether (sulfide) groups is 1. The molecule has 6 heteroatoms. The number of benzene rings is 3. The number of nitrogens with one attached hydrogen (secondary N) is 1. The van der Waals surface area contributed by atoms with Crippen molar-refractivity contribution in [3.05, 3.63) is 101 Å². The minimum atomic E-state index is -0.160. The lowest BCUT2D eigenvalue weighted by Crippen LogP contribution is -2.14. The summed E-state index contributed by atoms with van der Waals surface area (Å²) in [6, 6.07) is 28.9. The van der Waals surface area contributed by atoms with E-state index >= 15 is 0 Å². The number of pyridine rings is 1. The fourth-order valence-electron chi connectivity index (χ4n) is 3.32. The molecule has 0 aliphatic rings. The van der Waals surface area contributed by atoms with Gasteiger partial charge in [-0.25, -0.2) is 4.98 Å². The molecule has 0 fully saturated rings. The molecule has 0 saturated carbocycles. The highest BCUT2D eigenvalue weighted by Gasteiger charge is 2.17. The Balaban J connectivity index is 1.67. The van der Waals surface area contributed by atoms with Crippen molar-refractivity contribution >= 4 is 35.0 Å². The molecule has 0 unspecified atom stereocenters. The first-order valence-electron chi connectivity index (χ1n) is 10.3. The highest BCUT2D eigenvalue weighted by Crippen LogP contribution is 2.34. The number of nitriles is 1. The van der Waals surface area contributed by atoms with Gasteiger partial charge in [0.15, 0.2) is 0 Å². The van der Waals surface area contributed by atoms with Gasteiger partial charge in [0.05, 0.1) is 17.0 Å². The van der Waals surface area contributed by atoms with Crippen LogP contribution in [0.1, 0.15) is 11.1 Å². The number of carbonyl (C=O) groups is 1. The SMILES string of the molecule is Cc1ccc(NC(=O)CSc2nc(-c3ccccc3)cc(-c3ccc(Cl)cc3)c2C#N)cc1. The summed E-state index contributed by atoms with van der Waals surface area (Å²) in [6.45, 7) is 1.99. The number of anilines is 1. The van der Waals surface area contributed by atoms with Crippen LogP contribution in [-0.2, 0) is 4.79 Å². The maximum absolute atomic E-state index is 12.6. The molecule has 1 amide bonds. The van der Waals surface area contributed by atoms with Crippen LogP contribution >= 0.6 is 23.4 Å². The van der Waals surface area contributed by atoms with Crippen molar-refractivity contribution in [2.45, 2.75) is 11.9 Å². The second-order valence-electron chi connectivity index (χ2n) is 7.42. The van der Waals surface area contributed by atoms with Crippen LogP contribution in [0.25, 0.3) is 22.4 Å². The number of hydrogen-bond donors (Lipinski definition) is 1. The predicted molar refractivity (Wildman–Crippen MR) is 135 cm³/mol. The topological polar surface area (TPSA) is 65.8 Å². The van der Waals surface area contributed by atoms with E-state index in [4.69, 9.17) is 16.6 Å². The lowest BCUT2D eigenvalue weighted by molar-refractivity contribution is -0.113. The zero-order chi connectivity index (χ0) is 23.2. The molecule has 3 aromatic carbocycles. The van der Waals surface area contributed by atoms with Gasteiger partial charge in [0.25, 0.3) is 0 Å². The van der Waals surface area contributed by atoms with Gasteiger partial charge in [-0.05, 0) is 42.8 Å². The third kappa shape index (κ3) is 5.61. The Morgan fingerprint density at radius 1 is 1.00 bits per heavy atom. The van der Waals surface area contributed by atoms with Gasteiger partial charge in [0.1, 0.15) is 11.1 Å². The van der Waals surface area contributed by atoms with Crippen molar-refractivity contribution in [2.24, 2.45) is 0 Å². The number of carbonyl (C=O) groups excluding carboxylic acids is 1. The molecule has 33 heavy (non-hydrogen) atoms. The largest absolute Gasteiger partial charge is 0.325 e. The van der Waals surface area contributed by atoms with E-state index < -0.39 is 0 Å². The van der Waals surface area contributed by atoms with Gasteiger partial charge in [0, 0.05) is 21.8 Å². The molecule has 162 valence electrons. The first kappa shape index (κ1) is 22.6. The van der Waals surface area contributed by atoms with Crippen LogP contribution in [0.4, 0.5) is 5.69 Å². The summed E-state index contributed by atoms with van der Waals surface area (Å²) in [5.41, 5.74) is 5.58. The van der Waals surface area contributed by atoms with E-state index in [0.717, 1.165) is 33.6 Å². The van der Waals surface area contributed by atoms with Gasteiger partial charge in [-0.3, -0.25) is 4.79 Å². The molecule has 0 saturated heterocycles. The average molecular weight is 470 g/mol. The fourth-order valence-corrected chi connectivity index (χ4v) is 4.24. The number of aromatic nitrogens is 1. The zero-order valence-corrected chi connectivity index (χ0v) is 19.5. The maximum Gasteiger partial charge on any atom is 0.234 e. The molecule has 0 atom stereocenters. The van der Waals surface area contributed by atoms with Crippen LogP contribution in [-0.4, -0.2) is 16.6 Å². The minimum Gasteiger partial charge on any atom is -0.325 e. The number of nitrogens with zero attached hydrogens (tertiary/aromatic N) is 2. The average Bonchev–Trinajstić information content (AvgIpc) is 2.84. The molecule has 0 radical (unpaired) electrons. The number of rotatable bonds is 6. The number of hydrogen-bond acceptors (Lipinski definition) is 4. The molecule has 4 rings (SSSR count). The van der Waals surface area contributed by atoms with Gasteiger partial charge in [0.2, 0.25) is 5.91 Å². The van der Waals surface area contributed by atoms with Crippen molar-refractivity contribution in [1.29, 1.82) is 5.26 Å². The molecule has 0 bridgehead atoms. The Labute approximate surface area is 202 Å². The Kier molecular flexibility index (Phi) is 7.09. The molecule has 0 spiro atoms. The van der Waals surface area contributed by atoms with E-state index in [2.05, 4.69) is 11.4 Å². The Hall–Kier alpha value is -3.59. The van der Waals surface area contributed by atoms with E-state index in [-0.39, 0.29) is 11.7 Å².